The van der Waals surface area contributed by atoms with Gasteiger partial charge < -0.3 is 19.2 Å². The van der Waals surface area contributed by atoms with Crippen LogP contribution in [0.25, 0.3) is 6.08 Å². The van der Waals surface area contributed by atoms with E-state index in [2.05, 4.69) is 5.32 Å². The zero-order chi connectivity index (χ0) is 20.1. The van der Waals surface area contributed by atoms with E-state index in [1.165, 1.54) is 41.8 Å². The molecule has 8 nitrogen and oxygen atoms in total. The lowest BCUT2D eigenvalue weighted by Gasteiger charge is -2.26. The number of methoxy groups -OCH3 is 1. The Morgan fingerprint density at radius 3 is 2.61 bits per heavy atom. The third-order valence-electron chi connectivity index (χ3n) is 4.20. The molecule has 0 bridgehead atoms. The van der Waals surface area contributed by atoms with Crippen LogP contribution in [0.4, 0.5) is 5.69 Å². The minimum atomic E-state index is -3.68. The largest absolute Gasteiger partial charge is 0.495 e. The molecule has 2 aromatic rings. The van der Waals surface area contributed by atoms with Crippen LogP contribution in [-0.4, -0.2) is 52.0 Å². The number of hydrogen-bond donors (Lipinski definition) is 1. The third kappa shape index (κ3) is 4.61. The molecule has 0 atom stereocenters. The molecule has 1 aromatic carbocycles. The Bertz CT molecular complexity index is 974. The predicted molar refractivity (Wildman–Crippen MR) is 104 cm³/mol. The van der Waals surface area contributed by atoms with E-state index in [9.17, 15) is 13.2 Å². The minimum Gasteiger partial charge on any atom is -0.495 e. The molecular formula is C19H22N2O6S. The maximum Gasteiger partial charge on any atom is 0.248 e. The molecule has 1 fully saturated rings. The molecule has 1 saturated heterocycles. The summed E-state index contributed by atoms with van der Waals surface area (Å²) < 4.78 is 42.8. The van der Waals surface area contributed by atoms with E-state index in [0.29, 0.717) is 37.8 Å². The molecule has 0 spiro atoms. The first-order chi connectivity index (χ1) is 13.4. The summed E-state index contributed by atoms with van der Waals surface area (Å²) >= 11 is 0. The molecule has 3 rings (SSSR count). The number of carbonyl (C=O) groups is 1. The average molecular weight is 406 g/mol. The average Bonchev–Trinajstić information content (AvgIpc) is 3.12. The summed E-state index contributed by atoms with van der Waals surface area (Å²) in [4.78, 5) is 12.3. The second-order valence-electron chi connectivity index (χ2n) is 6.15. The number of rotatable bonds is 6. The fourth-order valence-corrected chi connectivity index (χ4v) is 4.19. The second kappa shape index (κ2) is 8.59. The van der Waals surface area contributed by atoms with Gasteiger partial charge in [-0.2, -0.15) is 4.31 Å². The predicted octanol–water partition coefficient (Wildman–Crippen LogP) is 2.27. The number of carbonyl (C=O) groups excluding carboxylic acids is 1. The van der Waals surface area contributed by atoms with Crippen LogP contribution in [0.15, 0.2) is 45.7 Å². The van der Waals surface area contributed by atoms with Crippen LogP contribution in [0, 0.1) is 6.92 Å². The summed E-state index contributed by atoms with van der Waals surface area (Å²) in [5.41, 5.74) is 0.266. The zero-order valence-corrected chi connectivity index (χ0v) is 16.5. The maximum absolute atomic E-state index is 12.8. The molecule has 1 aromatic heterocycles. The highest BCUT2D eigenvalue weighted by atomic mass is 32.2. The number of hydrogen-bond acceptors (Lipinski definition) is 6. The summed E-state index contributed by atoms with van der Waals surface area (Å²) in [6.45, 7) is 3.11. The summed E-state index contributed by atoms with van der Waals surface area (Å²) in [5.74, 6) is 1.20. The van der Waals surface area contributed by atoms with Crippen molar-refractivity contribution in [3.05, 3.63) is 47.9 Å². The van der Waals surface area contributed by atoms with Gasteiger partial charge in [0.05, 0.1) is 30.9 Å². The van der Waals surface area contributed by atoms with Gasteiger partial charge in [-0.05, 0) is 43.3 Å². The molecule has 2 heterocycles. The van der Waals surface area contributed by atoms with Crippen LogP contribution in [0.3, 0.4) is 0 Å². The van der Waals surface area contributed by atoms with Crippen LogP contribution in [-0.2, 0) is 19.6 Å². The number of morpholine rings is 1. The van der Waals surface area contributed by atoms with E-state index in [1.807, 2.05) is 6.92 Å². The number of anilines is 1. The highest BCUT2D eigenvalue weighted by molar-refractivity contribution is 7.89. The van der Waals surface area contributed by atoms with E-state index in [0.717, 1.165) is 5.76 Å². The Morgan fingerprint density at radius 2 is 1.96 bits per heavy atom. The van der Waals surface area contributed by atoms with E-state index in [-0.39, 0.29) is 10.6 Å². The first-order valence-corrected chi connectivity index (χ1v) is 10.2. The van der Waals surface area contributed by atoms with Gasteiger partial charge in [0.25, 0.3) is 0 Å². The van der Waals surface area contributed by atoms with Crippen LogP contribution >= 0.6 is 0 Å². The van der Waals surface area contributed by atoms with E-state index < -0.39 is 15.9 Å². The number of nitrogens with one attached hydrogen (secondary N) is 1. The van der Waals surface area contributed by atoms with E-state index in [4.69, 9.17) is 13.9 Å². The Hall–Kier alpha value is -2.62. The van der Waals surface area contributed by atoms with Gasteiger partial charge in [-0.15, -0.1) is 0 Å². The normalized spacial score (nSPS) is 15.6. The van der Waals surface area contributed by atoms with Crippen LogP contribution < -0.4 is 10.1 Å². The van der Waals surface area contributed by atoms with Crippen molar-refractivity contribution >= 4 is 27.7 Å². The van der Waals surface area contributed by atoms with Crippen LogP contribution in [0.2, 0.25) is 0 Å². The Balaban J connectivity index is 1.80. The second-order valence-corrected chi connectivity index (χ2v) is 8.09. The number of amides is 1. The molecule has 1 N–H and O–H groups in total. The lowest BCUT2D eigenvalue weighted by atomic mass is 10.3. The summed E-state index contributed by atoms with van der Waals surface area (Å²) in [6, 6.07) is 7.91. The number of aryl methyl sites for hydroxylation is 1. The van der Waals surface area contributed by atoms with Crippen molar-refractivity contribution in [1.82, 2.24) is 4.31 Å². The molecule has 150 valence electrons. The van der Waals surface area contributed by atoms with Gasteiger partial charge in [0.2, 0.25) is 15.9 Å². The molecule has 0 radical (unpaired) electrons. The molecule has 28 heavy (non-hydrogen) atoms. The lowest BCUT2D eigenvalue weighted by Crippen LogP contribution is -2.40. The fraction of sp³-hybridized carbons (Fsp3) is 0.316. The molecule has 0 unspecified atom stereocenters. The van der Waals surface area contributed by atoms with Gasteiger partial charge in [0.15, 0.2) is 0 Å². The topological polar surface area (TPSA) is 98.1 Å². The van der Waals surface area contributed by atoms with Crippen molar-refractivity contribution in [3.8, 4) is 5.75 Å². The van der Waals surface area contributed by atoms with Gasteiger partial charge in [-0.3, -0.25) is 4.79 Å². The Morgan fingerprint density at radius 1 is 1.21 bits per heavy atom. The van der Waals surface area contributed by atoms with Crippen LogP contribution in [0.5, 0.6) is 5.75 Å². The molecule has 0 saturated carbocycles. The number of sulfonamides is 1. The van der Waals surface area contributed by atoms with Crippen molar-refractivity contribution in [3.63, 3.8) is 0 Å². The minimum absolute atomic E-state index is 0.0798. The summed E-state index contributed by atoms with van der Waals surface area (Å²) in [6.07, 6.45) is 2.84. The molecule has 1 amide bonds. The van der Waals surface area contributed by atoms with Gasteiger partial charge >= 0.3 is 0 Å². The van der Waals surface area contributed by atoms with Gasteiger partial charge in [0.1, 0.15) is 17.3 Å². The monoisotopic (exact) mass is 406 g/mol. The van der Waals surface area contributed by atoms with Crippen molar-refractivity contribution in [1.29, 1.82) is 0 Å². The smallest absolute Gasteiger partial charge is 0.248 e. The van der Waals surface area contributed by atoms with Gasteiger partial charge in [-0.1, -0.05) is 0 Å². The lowest BCUT2D eigenvalue weighted by molar-refractivity contribution is -0.111. The van der Waals surface area contributed by atoms with Gasteiger partial charge in [0, 0.05) is 19.2 Å². The fourth-order valence-electron chi connectivity index (χ4n) is 2.76. The third-order valence-corrected chi connectivity index (χ3v) is 6.09. The van der Waals surface area contributed by atoms with Crippen molar-refractivity contribution < 1.29 is 27.1 Å². The molecular weight excluding hydrogens is 384 g/mol. The molecule has 1 aliphatic rings. The summed E-state index contributed by atoms with van der Waals surface area (Å²) in [7, 11) is -2.24. The number of ether oxygens (including phenoxy) is 2. The Labute approximate surface area is 163 Å². The standard InChI is InChI=1S/C19H22N2O6S/c1-14-3-4-15(27-14)5-8-19(22)20-17-13-16(6-7-18(17)25-2)28(23,24)21-9-11-26-12-10-21/h3-8,13H,9-12H2,1-2H3,(H,20,22). The summed E-state index contributed by atoms with van der Waals surface area (Å²) in [5, 5.41) is 2.65. The van der Waals surface area contributed by atoms with E-state index >= 15 is 0 Å². The highest BCUT2D eigenvalue weighted by Crippen LogP contribution is 2.29. The quantitative estimate of drug-likeness (QED) is 0.739. The number of benzene rings is 1. The number of nitrogens with zero attached hydrogens (tertiary/aromatic N) is 1. The molecule has 0 aliphatic carbocycles. The zero-order valence-electron chi connectivity index (χ0n) is 15.7. The SMILES string of the molecule is COc1ccc(S(=O)(=O)N2CCOCC2)cc1NC(=O)C=Cc1ccc(C)o1. The van der Waals surface area contributed by atoms with Gasteiger partial charge in [-0.25, -0.2) is 8.42 Å². The Kier molecular flexibility index (Phi) is 6.18. The number of furan rings is 1. The molecule has 1 aliphatic heterocycles. The molecule has 9 heteroatoms. The van der Waals surface area contributed by atoms with Crippen molar-refractivity contribution in [2.24, 2.45) is 0 Å². The first kappa shape index (κ1) is 20.1. The first-order valence-electron chi connectivity index (χ1n) is 8.71. The maximum atomic E-state index is 12.8. The van der Waals surface area contributed by atoms with E-state index in [1.54, 1.807) is 12.1 Å². The van der Waals surface area contributed by atoms with Crippen LogP contribution in [0.1, 0.15) is 11.5 Å². The van der Waals surface area contributed by atoms with Crippen molar-refractivity contribution in [2.75, 3.05) is 38.7 Å². The van der Waals surface area contributed by atoms with Crippen molar-refractivity contribution in [2.45, 2.75) is 11.8 Å². The highest BCUT2D eigenvalue weighted by Gasteiger charge is 2.27.